The number of amides is 2. The Morgan fingerprint density at radius 1 is 0.971 bits per heavy atom. The predicted molar refractivity (Wildman–Crippen MR) is 144 cm³/mol. The second-order valence-corrected chi connectivity index (χ2v) is 10.3. The Bertz CT molecular complexity index is 1330. The fraction of sp³-hybridized carbons (Fsp3) is 0.192. The molecule has 34 heavy (non-hydrogen) atoms. The van der Waals surface area contributed by atoms with E-state index in [1.807, 2.05) is 24.3 Å². The van der Waals surface area contributed by atoms with Gasteiger partial charge in [-0.15, -0.1) is 11.3 Å². The van der Waals surface area contributed by atoms with E-state index in [0.29, 0.717) is 16.3 Å². The van der Waals surface area contributed by atoms with Crippen LogP contribution in [0.5, 0.6) is 0 Å². The molecule has 0 saturated heterocycles. The molecule has 0 bridgehead atoms. The number of halogens is 1. The number of aromatic nitrogens is 1. The van der Waals surface area contributed by atoms with E-state index in [0.717, 1.165) is 44.2 Å². The zero-order valence-electron chi connectivity index (χ0n) is 18.9. The number of benzene rings is 3. The molecule has 2 N–H and O–H groups in total. The number of aryl methyl sites for hydroxylation is 2. The molecule has 5 nitrogen and oxygen atoms in total. The average Bonchev–Trinajstić information content (AvgIpc) is 3.25. The summed E-state index contributed by atoms with van der Waals surface area (Å²) in [5.41, 5.74) is 5.13. The van der Waals surface area contributed by atoms with E-state index >= 15 is 0 Å². The fourth-order valence-electron chi connectivity index (χ4n) is 3.59. The van der Waals surface area contributed by atoms with E-state index in [9.17, 15) is 9.59 Å². The van der Waals surface area contributed by atoms with Crippen molar-refractivity contribution in [1.82, 2.24) is 4.98 Å². The lowest BCUT2D eigenvalue weighted by Gasteiger charge is -2.14. The van der Waals surface area contributed by atoms with Gasteiger partial charge in [-0.05, 0) is 54.3 Å². The van der Waals surface area contributed by atoms with E-state index in [4.69, 9.17) is 11.6 Å². The Kier molecular flexibility index (Phi) is 7.88. The maximum atomic E-state index is 12.7. The van der Waals surface area contributed by atoms with Crippen LogP contribution < -0.4 is 10.6 Å². The van der Waals surface area contributed by atoms with Gasteiger partial charge >= 0.3 is 0 Å². The molecule has 0 radical (unpaired) electrons. The van der Waals surface area contributed by atoms with Crippen LogP contribution in [0, 0.1) is 0 Å². The number of carbonyl (C=O) groups excluding carboxylic acids is 2. The van der Waals surface area contributed by atoms with E-state index in [1.165, 1.54) is 23.1 Å². The highest BCUT2D eigenvalue weighted by Crippen LogP contribution is 2.32. The van der Waals surface area contributed by atoms with Gasteiger partial charge in [-0.2, -0.15) is 0 Å². The van der Waals surface area contributed by atoms with Crippen molar-refractivity contribution in [3.8, 4) is 0 Å². The van der Waals surface area contributed by atoms with Crippen LogP contribution >= 0.6 is 34.7 Å². The maximum Gasteiger partial charge on any atom is 0.257 e. The Hall–Kier alpha value is -2.87. The normalized spacial score (nSPS) is 10.9. The van der Waals surface area contributed by atoms with Crippen molar-refractivity contribution in [2.75, 3.05) is 16.4 Å². The van der Waals surface area contributed by atoms with Gasteiger partial charge in [0, 0.05) is 11.4 Å². The number of rotatable bonds is 8. The highest BCUT2D eigenvalue weighted by atomic mass is 35.5. The van der Waals surface area contributed by atoms with Gasteiger partial charge in [-0.25, -0.2) is 4.98 Å². The van der Waals surface area contributed by atoms with Crippen molar-refractivity contribution >= 4 is 68.1 Å². The number of hydrogen-bond acceptors (Lipinski definition) is 5. The van der Waals surface area contributed by atoms with Crippen LogP contribution in [-0.2, 0) is 17.6 Å². The Morgan fingerprint density at radius 2 is 1.71 bits per heavy atom. The standard InChI is InChI=1S/C26H24ClN3O2S2/c1-3-16-8-7-9-17(4-2)24(16)30-23(31)15-33-26-29-21-13-12-18(14-22(21)34-26)28-25(32)19-10-5-6-11-20(19)27/h5-14H,3-4,15H2,1-2H3,(H,28,32)(H,30,31). The van der Waals surface area contributed by atoms with E-state index in [2.05, 4.69) is 41.6 Å². The summed E-state index contributed by atoms with van der Waals surface area (Å²) in [5, 5.41) is 6.38. The number of nitrogens with one attached hydrogen (secondary N) is 2. The van der Waals surface area contributed by atoms with Crippen molar-refractivity contribution in [3.63, 3.8) is 0 Å². The van der Waals surface area contributed by atoms with Gasteiger partial charge < -0.3 is 10.6 Å². The van der Waals surface area contributed by atoms with Gasteiger partial charge in [-0.3, -0.25) is 9.59 Å². The van der Waals surface area contributed by atoms with Crippen LogP contribution in [0.4, 0.5) is 11.4 Å². The monoisotopic (exact) mass is 509 g/mol. The largest absolute Gasteiger partial charge is 0.325 e. The molecule has 1 heterocycles. The molecule has 0 fully saturated rings. The summed E-state index contributed by atoms with van der Waals surface area (Å²) in [6.07, 6.45) is 1.73. The highest BCUT2D eigenvalue weighted by Gasteiger charge is 2.14. The summed E-state index contributed by atoms with van der Waals surface area (Å²) in [6, 6.07) is 18.6. The van der Waals surface area contributed by atoms with E-state index < -0.39 is 0 Å². The predicted octanol–water partition coefficient (Wildman–Crippen LogP) is 7.06. The zero-order chi connectivity index (χ0) is 24.1. The lowest BCUT2D eigenvalue weighted by Crippen LogP contribution is -2.16. The molecule has 4 aromatic rings. The number of thioether (sulfide) groups is 1. The Morgan fingerprint density at radius 3 is 2.41 bits per heavy atom. The Labute approximate surface area is 211 Å². The number of anilines is 2. The maximum absolute atomic E-state index is 12.7. The minimum absolute atomic E-state index is 0.0486. The van der Waals surface area contributed by atoms with Gasteiger partial charge in [0.2, 0.25) is 5.91 Å². The van der Waals surface area contributed by atoms with E-state index in [1.54, 1.807) is 24.3 Å². The third-order valence-electron chi connectivity index (χ3n) is 5.34. The molecule has 0 unspecified atom stereocenters. The summed E-state index contributed by atoms with van der Waals surface area (Å²) in [6.45, 7) is 4.18. The third kappa shape index (κ3) is 5.60. The van der Waals surface area contributed by atoms with Crippen LogP contribution in [0.25, 0.3) is 10.2 Å². The summed E-state index contributed by atoms with van der Waals surface area (Å²) in [5.74, 6) is -0.0380. The molecule has 0 aliphatic heterocycles. The molecule has 2 amide bonds. The molecule has 0 aliphatic carbocycles. The molecule has 3 aromatic carbocycles. The fourth-order valence-corrected chi connectivity index (χ4v) is 5.72. The minimum Gasteiger partial charge on any atom is -0.325 e. The first-order chi connectivity index (χ1) is 16.5. The van der Waals surface area contributed by atoms with Gasteiger partial charge in [0.15, 0.2) is 4.34 Å². The molecule has 0 spiro atoms. The number of para-hydroxylation sites is 1. The van der Waals surface area contributed by atoms with Crippen molar-refractivity contribution in [1.29, 1.82) is 0 Å². The zero-order valence-corrected chi connectivity index (χ0v) is 21.2. The van der Waals surface area contributed by atoms with Gasteiger partial charge in [0.25, 0.3) is 5.91 Å². The minimum atomic E-state index is -0.264. The quantitative estimate of drug-likeness (QED) is 0.249. The number of carbonyl (C=O) groups is 2. The second kappa shape index (κ2) is 11.0. The lowest BCUT2D eigenvalue weighted by atomic mass is 10.0. The summed E-state index contributed by atoms with van der Waals surface area (Å²) < 4.78 is 1.74. The third-order valence-corrected chi connectivity index (χ3v) is 7.83. The van der Waals surface area contributed by atoms with Gasteiger partial charge in [-0.1, -0.05) is 67.5 Å². The number of hydrogen-bond donors (Lipinski definition) is 2. The second-order valence-electron chi connectivity index (χ2n) is 7.59. The number of thiazole rings is 1. The molecular weight excluding hydrogens is 486 g/mol. The van der Waals surface area contributed by atoms with Crippen molar-refractivity contribution in [2.24, 2.45) is 0 Å². The molecule has 8 heteroatoms. The highest BCUT2D eigenvalue weighted by molar-refractivity contribution is 8.01. The first kappa shape index (κ1) is 24.3. The molecule has 1 aromatic heterocycles. The van der Waals surface area contributed by atoms with E-state index in [-0.39, 0.29) is 17.6 Å². The smallest absolute Gasteiger partial charge is 0.257 e. The van der Waals surface area contributed by atoms with Crippen LogP contribution in [0.15, 0.2) is 65.0 Å². The number of fused-ring (bicyclic) bond motifs is 1. The summed E-state index contributed by atoms with van der Waals surface area (Å²) in [7, 11) is 0. The molecular formula is C26H24ClN3O2S2. The molecule has 0 saturated carbocycles. The summed E-state index contributed by atoms with van der Waals surface area (Å²) in [4.78, 5) is 29.8. The molecule has 0 atom stereocenters. The molecule has 0 aliphatic rings. The topological polar surface area (TPSA) is 71.1 Å². The van der Waals surface area contributed by atoms with Crippen LogP contribution in [0.1, 0.15) is 35.3 Å². The van der Waals surface area contributed by atoms with Crippen LogP contribution in [0.3, 0.4) is 0 Å². The van der Waals surface area contributed by atoms with Crippen molar-refractivity contribution < 1.29 is 9.59 Å². The van der Waals surface area contributed by atoms with Crippen molar-refractivity contribution in [2.45, 2.75) is 31.0 Å². The first-order valence-electron chi connectivity index (χ1n) is 11.0. The summed E-state index contributed by atoms with van der Waals surface area (Å²) >= 11 is 9.03. The van der Waals surface area contributed by atoms with Gasteiger partial charge in [0.05, 0.1) is 26.6 Å². The van der Waals surface area contributed by atoms with Crippen molar-refractivity contribution in [3.05, 3.63) is 82.4 Å². The SMILES string of the molecule is CCc1cccc(CC)c1NC(=O)CSc1nc2ccc(NC(=O)c3ccccc3Cl)cc2s1. The number of nitrogens with zero attached hydrogens (tertiary/aromatic N) is 1. The first-order valence-corrected chi connectivity index (χ1v) is 13.2. The average molecular weight is 510 g/mol. The Balaban J connectivity index is 1.41. The molecule has 174 valence electrons. The van der Waals surface area contributed by atoms with Crippen LogP contribution in [0.2, 0.25) is 5.02 Å². The van der Waals surface area contributed by atoms with Gasteiger partial charge in [0.1, 0.15) is 0 Å². The molecule has 4 rings (SSSR count). The van der Waals surface area contributed by atoms with Crippen LogP contribution in [-0.4, -0.2) is 22.6 Å². The lowest BCUT2D eigenvalue weighted by molar-refractivity contribution is -0.113.